The smallest absolute Gasteiger partial charge is 0.334 e. The lowest BCUT2D eigenvalue weighted by molar-refractivity contribution is -0.187. The Morgan fingerprint density at radius 2 is 2.00 bits per heavy atom. The van der Waals surface area contributed by atoms with E-state index in [1.807, 2.05) is 0 Å². The lowest BCUT2D eigenvalue weighted by Crippen LogP contribution is -2.50. The lowest BCUT2D eigenvalue weighted by Gasteiger charge is -2.42. The van der Waals surface area contributed by atoms with Gasteiger partial charge < -0.3 is 4.90 Å². The predicted molar refractivity (Wildman–Crippen MR) is 63.6 cm³/mol. The molecular weight excluding hydrogens is 274 g/mol. The third-order valence-electron chi connectivity index (χ3n) is 4.12. The number of rotatable bonds is 0. The fraction of sp³-hybridized carbons (Fsp3) is 0.500. The number of fused-ring (bicyclic) bond motifs is 4. The van der Waals surface area contributed by atoms with E-state index in [-0.39, 0.29) is 30.7 Å². The normalized spacial score (nSPS) is 25.3. The van der Waals surface area contributed by atoms with Crippen LogP contribution >= 0.6 is 0 Å². The van der Waals surface area contributed by atoms with Crippen LogP contribution in [0.2, 0.25) is 0 Å². The van der Waals surface area contributed by atoms with Crippen LogP contribution in [0.25, 0.3) is 0 Å². The van der Waals surface area contributed by atoms with Crippen LogP contribution in [0, 0.1) is 11.7 Å². The highest BCUT2D eigenvalue weighted by atomic mass is 19.4. The minimum absolute atomic E-state index is 0.0191. The summed E-state index contributed by atoms with van der Waals surface area (Å²) < 4.78 is 50.9. The van der Waals surface area contributed by atoms with Gasteiger partial charge in [-0.1, -0.05) is 6.07 Å². The van der Waals surface area contributed by atoms with Crippen molar-refractivity contribution in [3.63, 3.8) is 0 Å². The van der Waals surface area contributed by atoms with Crippen LogP contribution in [0.3, 0.4) is 0 Å². The number of piperidine rings is 1. The summed E-state index contributed by atoms with van der Waals surface area (Å²) in [7, 11) is 0. The summed E-state index contributed by atoms with van der Waals surface area (Å²) in [6, 6.07) is 4.46. The molecule has 1 aliphatic carbocycles. The van der Waals surface area contributed by atoms with Gasteiger partial charge in [-0.3, -0.25) is 4.79 Å². The maximum absolute atomic E-state index is 13.3. The molecular formula is C14H13F4NO. The molecule has 0 N–H and O–H groups in total. The number of hydrogen-bond acceptors (Lipinski definition) is 1. The Hall–Kier alpha value is -1.59. The number of alkyl halides is 3. The summed E-state index contributed by atoms with van der Waals surface area (Å²) in [6.07, 6.45) is -3.51. The zero-order chi connectivity index (χ0) is 14.5. The molecule has 6 heteroatoms. The monoisotopic (exact) mass is 287 g/mol. The van der Waals surface area contributed by atoms with E-state index in [1.165, 1.54) is 12.1 Å². The summed E-state index contributed by atoms with van der Waals surface area (Å²) in [4.78, 5) is 12.2. The quantitative estimate of drug-likeness (QED) is 0.672. The molecule has 0 radical (unpaired) electrons. The Balaban J connectivity index is 1.88. The van der Waals surface area contributed by atoms with E-state index in [2.05, 4.69) is 0 Å². The third-order valence-corrected chi connectivity index (χ3v) is 4.12. The molecule has 1 saturated heterocycles. The van der Waals surface area contributed by atoms with Gasteiger partial charge in [-0.2, -0.15) is 13.2 Å². The maximum atomic E-state index is 13.3. The molecule has 0 spiro atoms. The van der Waals surface area contributed by atoms with E-state index in [0.717, 1.165) is 22.4 Å². The first kappa shape index (κ1) is 13.4. The van der Waals surface area contributed by atoms with Gasteiger partial charge in [-0.25, -0.2) is 4.39 Å². The van der Waals surface area contributed by atoms with Crippen molar-refractivity contribution in [2.24, 2.45) is 5.92 Å². The molecule has 2 aliphatic rings. The van der Waals surface area contributed by atoms with E-state index in [0.29, 0.717) is 6.42 Å². The maximum Gasteiger partial charge on any atom is 0.471 e. The number of amides is 1. The minimum Gasteiger partial charge on any atom is -0.334 e. The fourth-order valence-electron chi connectivity index (χ4n) is 3.36. The molecule has 1 aromatic rings. The van der Waals surface area contributed by atoms with Gasteiger partial charge >= 0.3 is 12.1 Å². The Bertz CT molecular complexity index is 555. The molecule has 2 atom stereocenters. The van der Waals surface area contributed by atoms with Gasteiger partial charge in [0.25, 0.3) is 0 Å². The van der Waals surface area contributed by atoms with Gasteiger partial charge in [-0.05, 0) is 42.0 Å². The number of nitrogens with zero attached hydrogens (tertiary/aromatic N) is 1. The predicted octanol–water partition coefficient (Wildman–Crippen LogP) is 2.88. The van der Waals surface area contributed by atoms with Gasteiger partial charge in [-0.15, -0.1) is 0 Å². The van der Waals surface area contributed by atoms with Crippen molar-refractivity contribution in [1.82, 2.24) is 4.90 Å². The van der Waals surface area contributed by atoms with Crippen molar-refractivity contribution in [1.29, 1.82) is 0 Å². The Morgan fingerprint density at radius 3 is 2.70 bits per heavy atom. The van der Waals surface area contributed by atoms with Crippen LogP contribution in [0.15, 0.2) is 18.2 Å². The summed E-state index contributed by atoms with van der Waals surface area (Å²) in [5, 5.41) is 0. The molecule has 3 rings (SSSR count). The van der Waals surface area contributed by atoms with Gasteiger partial charge in [0, 0.05) is 19.0 Å². The summed E-state index contributed by atoms with van der Waals surface area (Å²) in [5.41, 5.74) is 1.74. The standard InChI is InChI=1S/C14H13F4NO/c15-11-2-1-9-3-8-4-10(12(9)5-11)7-19(6-8)13(20)14(16,17)18/h1-2,5,8,10H,3-4,6-7H2. The van der Waals surface area contributed by atoms with E-state index < -0.39 is 12.1 Å². The fourth-order valence-corrected chi connectivity index (χ4v) is 3.36. The Morgan fingerprint density at radius 1 is 1.25 bits per heavy atom. The number of likely N-dealkylation sites (tertiary alicyclic amines) is 1. The number of carbonyl (C=O) groups excluding carboxylic acids is 1. The molecule has 20 heavy (non-hydrogen) atoms. The molecule has 1 amide bonds. The van der Waals surface area contributed by atoms with Gasteiger partial charge in [0.1, 0.15) is 5.82 Å². The van der Waals surface area contributed by atoms with Crippen LogP contribution in [0.5, 0.6) is 0 Å². The van der Waals surface area contributed by atoms with E-state index in [9.17, 15) is 22.4 Å². The molecule has 1 heterocycles. The third kappa shape index (κ3) is 2.27. The van der Waals surface area contributed by atoms with E-state index in [1.54, 1.807) is 6.07 Å². The second kappa shape index (κ2) is 4.46. The van der Waals surface area contributed by atoms with Crippen molar-refractivity contribution in [3.8, 4) is 0 Å². The Labute approximate surface area is 113 Å². The van der Waals surface area contributed by atoms with Crippen LogP contribution in [0.1, 0.15) is 23.5 Å². The topological polar surface area (TPSA) is 20.3 Å². The second-order valence-electron chi connectivity index (χ2n) is 5.55. The van der Waals surface area contributed by atoms with Crippen molar-refractivity contribution in [2.75, 3.05) is 13.1 Å². The highest BCUT2D eigenvalue weighted by Crippen LogP contribution is 2.40. The molecule has 2 bridgehead atoms. The molecule has 0 saturated carbocycles. The highest BCUT2D eigenvalue weighted by Gasteiger charge is 2.46. The SMILES string of the molecule is O=C(N1CC2Cc3ccc(F)cc3C(C2)C1)C(F)(F)F. The summed E-state index contributed by atoms with van der Waals surface area (Å²) >= 11 is 0. The summed E-state index contributed by atoms with van der Waals surface area (Å²) in [5.74, 6) is -2.34. The van der Waals surface area contributed by atoms with Crippen molar-refractivity contribution >= 4 is 5.91 Å². The number of hydrogen-bond donors (Lipinski definition) is 0. The molecule has 108 valence electrons. The van der Waals surface area contributed by atoms with Crippen molar-refractivity contribution < 1.29 is 22.4 Å². The average Bonchev–Trinajstić information content (AvgIpc) is 2.37. The molecule has 1 fully saturated rings. The summed E-state index contributed by atoms with van der Waals surface area (Å²) in [6.45, 7) is 0.150. The first-order valence-electron chi connectivity index (χ1n) is 6.49. The molecule has 1 aromatic carbocycles. The van der Waals surface area contributed by atoms with Crippen molar-refractivity contribution in [3.05, 3.63) is 35.1 Å². The van der Waals surface area contributed by atoms with Gasteiger partial charge in [0.2, 0.25) is 0 Å². The first-order chi connectivity index (χ1) is 9.34. The van der Waals surface area contributed by atoms with Crippen LogP contribution in [-0.4, -0.2) is 30.1 Å². The van der Waals surface area contributed by atoms with E-state index >= 15 is 0 Å². The van der Waals surface area contributed by atoms with E-state index in [4.69, 9.17) is 0 Å². The zero-order valence-corrected chi connectivity index (χ0v) is 10.6. The molecule has 1 aliphatic heterocycles. The lowest BCUT2D eigenvalue weighted by atomic mass is 9.74. The van der Waals surface area contributed by atoms with Gasteiger partial charge in [0.05, 0.1) is 0 Å². The van der Waals surface area contributed by atoms with Gasteiger partial charge in [0.15, 0.2) is 0 Å². The van der Waals surface area contributed by atoms with Crippen LogP contribution in [-0.2, 0) is 11.2 Å². The average molecular weight is 287 g/mol. The molecule has 2 nitrogen and oxygen atoms in total. The zero-order valence-electron chi connectivity index (χ0n) is 10.6. The van der Waals surface area contributed by atoms with Crippen LogP contribution < -0.4 is 0 Å². The number of benzene rings is 1. The minimum atomic E-state index is -4.84. The first-order valence-corrected chi connectivity index (χ1v) is 6.49. The second-order valence-corrected chi connectivity index (χ2v) is 5.55. The van der Waals surface area contributed by atoms with Crippen LogP contribution in [0.4, 0.5) is 17.6 Å². The Kier molecular flexibility index (Phi) is 2.99. The highest BCUT2D eigenvalue weighted by molar-refractivity contribution is 5.82. The number of carbonyl (C=O) groups is 1. The van der Waals surface area contributed by atoms with Crippen molar-refractivity contribution in [2.45, 2.75) is 24.9 Å². The number of halogens is 4. The molecule has 0 aromatic heterocycles. The largest absolute Gasteiger partial charge is 0.471 e. The molecule has 2 unspecified atom stereocenters.